The van der Waals surface area contributed by atoms with Gasteiger partial charge in [-0.2, -0.15) is 0 Å². The van der Waals surface area contributed by atoms with Crippen LogP contribution in [0, 0.1) is 11.6 Å². The van der Waals surface area contributed by atoms with Crippen LogP contribution in [-0.2, 0) is 20.7 Å². The number of methoxy groups -OCH3 is 1. The van der Waals surface area contributed by atoms with Gasteiger partial charge in [-0.05, 0) is 38.5 Å². The van der Waals surface area contributed by atoms with E-state index >= 15 is 0 Å². The summed E-state index contributed by atoms with van der Waals surface area (Å²) in [6.07, 6.45) is -0.944. The van der Waals surface area contributed by atoms with Crippen molar-refractivity contribution in [2.45, 2.75) is 38.8 Å². The molecule has 1 rings (SSSR count). The second kappa shape index (κ2) is 7.20. The van der Waals surface area contributed by atoms with Crippen LogP contribution in [0.1, 0.15) is 26.3 Å². The zero-order chi connectivity index (χ0) is 16.9. The number of amides is 1. The van der Waals surface area contributed by atoms with Gasteiger partial charge in [-0.15, -0.1) is 0 Å². The summed E-state index contributed by atoms with van der Waals surface area (Å²) in [5, 5.41) is 2.33. The van der Waals surface area contributed by atoms with E-state index in [4.69, 9.17) is 4.74 Å². The third-order valence-electron chi connectivity index (χ3n) is 2.54. The molecule has 0 spiro atoms. The molecule has 0 unspecified atom stereocenters. The summed E-state index contributed by atoms with van der Waals surface area (Å²) in [5.41, 5.74) is -0.528. The molecule has 5 nitrogen and oxygen atoms in total. The average Bonchev–Trinajstić information content (AvgIpc) is 2.33. The fourth-order valence-electron chi connectivity index (χ4n) is 1.75. The lowest BCUT2D eigenvalue weighted by molar-refractivity contribution is -0.143. The van der Waals surface area contributed by atoms with Crippen LogP contribution in [0.3, 0.4) is 0 Å². The molecule has 0 aliphatic rings. The van der Waals surface area contributed by atoms with Crippen LogP contribution in [0.25, 0.3) is 0 Å². The predicted octanol–water partition coefficient (Wildman–Crippen LogP) is 2.57. The second-order valence-electron chi connectivity index (χ2n) is 5.70. The number of halogens is 2. The van der Waals surface area contributed by atoms with Gasteiger partial charge >= 0.3 is 12.1 Å². The molecular weight excluding hydrogens is 296 g/mol. The topological polar surface area (TPSA) is 64.6 Å². The summed E-state index contributed by atoms with van der Waals surface area (Å²) in [4.78, 5) is 23.4. The molecule has 0 saturated carbocycles. The van der Waals surface area contributed by atoms with Gasteiger partial charge in [0.2, 0.25) is 0 Å². The smallest absolute Gasteiger partial charge is 0.408 e. The molecule has 0 aliphatic carbocycles. The number of hydrogen-bond donors (Lipinski definition) is 1. The van der Waals surface area contributed by atoms with E-state index in [0.717, 1.165) is 25.3 Å². The Bertz CT molecular complexity index is 535. The minimum absolute atomic E-state index is 0.124. The monoisotopic (exact) mass is 315 g/mol. The molecule has 122 valence electrons. The highest BCUT2D eigenvalue weighted by molar-refractivity contribution is 5.81. The van der Waals surface area contributed by atoms with Crippen LogP contribution in [0.5, 0.6) is 0 Å². The molecule has 0 heterocycles. The molecule has 1 atom stereocenters. The van der Waals surface area contributed by atoms with Crippen LogP contribution >= 0.6 is 0 Å². The first-order valence-electron chi connectivity index (χ1n) is 6.63. The van der Waals surface area contributed by atoms with Crippen molar-refractivity contribution in [3.8, 4) is 0 Å². The Hall–Kier alpha value is -2.18. The number of nitrogens with one attached hydrogen (secondary N) is 1. The van der Waals surface area contributed by atoms with Crippen molar-refractivity contribution in [3.63, 3.8) is 0 Å². The normalized spacial score (nSPS) is 12.5. The van der Waals surface area contributed by atoms with E-state index in [1.165, 1.54) is 0 Å². The van der Waals surface area contributed by atoms with Crippen molar-refractivity contribution in [2.24, 2.45) is 0 Å². The van der Waals surface area contributed by atoms with E-state index in [1.54, 1.807) is 20.8 Å². The number of benzene rings is 1. The van der Waals surface area contributed by atoms with Gasteiger partial charge in [-0.25, -0.2) is 18.4 Å². The molecule has 0 fully saturated rings. The second-order valence-corrected chi connectivity index (χ2v) is 5.70. The number of ether oxygens (including phenoxy) is 2. The van der Waals surface area contributed by atoms with Crippen LogP contribution in [0.4, 0.5) is 13.6 Å². The molecule has 1 amide bonds. The average molecular weight is 315 g/mol. The number of carbonyl (C=O) groups excluding carboxylic acids is 2. The molecule has 0 radical (unpaired) electrons. The summed E-state index contributed by atoms with van der Waals surface area (Å²) in [5.74, 6) is -2.28. The lowest BCUT2D eigenvalue weighted by Crippen LogP contribution is -2.45. The number of carbonyl (C=O) groups is 2. The van der Waals surface area contributed by atoms with E-state index in [2.05, 4.69) is 10.1 Å². The molecule has 0 aromatic heterocycles. The van der Waals surface area contributed by atoms with E-state index in [0.29, 0.717) is 0 Å². The highest BCUT2D eigenvalue weighted by Crippen LogP contribution is 2.12. The highest BCUT2D eigenvalue weighted by atomic mass is 19.1. The van der Waals surface area contributed by atoms with Crippen molar-refractivity contribution >= 4 is 12.1 Å². The van der Waals surface area contributed by atoms with Crippen LogP contribution in [0.15, 0.2) is 18.2 Å². The van der Waals surface area contributed by atoms with Crippen LogP contribution in [-0.4, -0.2) is 30.8 Å². The van der Waals surface area contributed by atoms with E-state index in [-0.39, 0.29) is 12.0 Å². The van der Waals surface area contributed by atoms with Crippen molar-refractivity contribution in [1.29, 1.82) is 0 Å². The van der Waals surface area contributed by atoms with E-state index < -0.39 is 35.3 Å². The summed E-state index contributed by atoms with van der Waals surface area (Å²) >= 11 is 0. The van der Waals surface area contributed by atoms with Gasteiger partial charge in [0.25, 0.3) is 0 Å². The fraction of sp³-hybridized carbons (Fsp3) is 0.467. The van der Waals surface area contributed by atoms with E-state index in [1.807, 2.05) is 0 Å². The Morgan fingerprint density at radius 2 is 1.73 bits per heavy atom. The Labute approximate surface area is 127 Å². The maximum absolute atomic E-state index is 13.2. The molecule has 7 heteroatoms. The maximum Gasteiger partial charge on any atom is 0.408 e. The zero-order valence-electron chi connectivity index (χ0n) is 12.9. The van der Waals surface area contributed by atoms with Gasteiger partial charge in [0.15, 0.2) is 0 Å². The minimum Gasteiger partial charge on any atom is -0.467 e. The third kappa shape index (κ3) is 6.07. The molecular formula is C15H19F2NO4. The maximum atomic E-state index is 13.2. The molecule has 1 N–H and O–H groups in total. The molecule has 0 bridgehead atoms. The Balaban J connectivity index is 2.85. The minimum atomic E-state index is -1.11. The molecule has 1 aromatic rings. The summed E-state index contributed by atoms with van der Waals surface area (Å²) in [6, 6.07) is 1.77. The Morgan fingerprint density at radius 1 is 1.18 bits per heavy atom. The lowest BCUT2D eigenvalue weighted by atomic mass is 10.1. The highest BCUT2D eigenvalue weighted by Gasteiger charge is 2.25. The number of rotatable bonds is 4. The number of hydrogen-bond acceptors (Lipinski definition) is 4. The standard InChI is InChI=1S/C15H19F2NO4/c1-15(2,3)22-14(20)18-12(13(19)21-4)7-9-5-10(16)8-11(17)6-9/h5-6,8,12H,7H2,1-4H3,(H,18,20)/t12-/m1/s1. The van der Waals surface area contributed by atoms with Gasteiger partial charge in [0, 0.05) is 12.5 Å². The third-order valence-corrected chi connectivity index (χ3v) is 2.54. The zero-order valence-corrected chi connectivity index (χ0v) is 12.9. The molecule has 0 aliphatic heterocycles. The first-order chi connectivity index (χ1) is 10.1. The van der Waals surface area contributed by atoms with Gasteiger partial charge in [0.05, 0.1) is 7.11 Å². The van der Waals surface area contributed by atoms with Crippen LogP contribution in [0.2, 0.25) is 0 Å². The van der Waals surface area contributed by atoms with Crippen molar-refractivity contribution in [3.05, 3.63) is 35.4 Å². The first-order valence-corrected chi connectivity index (χ1v) is 6.63. The largest absolute Gasteiger partial charge is 0.467 e. The van der Waals surface area contributed by atoms with Gasteiger partial charge in [-0.1, -0.05) is 0 Å². The Morgan fingerprint density at radius 3 is 2.18 bits per heavy atom. The van der Waals surface area contributed by atoms with Crippen molar-refractivity contribution < 1.29 is 27.8 Å². The van der Waals surface area contributed by atoms with Gasteiger partial charge in [0.1, 0.15) is 23.3 Å². The molecule has 22 heavy (non-hydrogen) atoms. The summed E-state index contributed by atoms with van der Waals surface area (Å²) in [7, 11) is 1.15. The van der Waals surface area contributed by atoms with Crippen LogP contribution < -0.4 is 5.32 Å². The quantitative estimate of drug-likeness (QED) is 0.867. The number of alkyl carbamates (subject to hydrolysis) is 1. The molecule has 1 aromatic carbocycles. The van der Waals surface area contributed by atoms with Gasteiger partial charge in [-0.3, -0.25) is 0 Å². The fourth-order valence-corrected chi connectivity index (χ4v) is 1.75. The van der Waals surface area contributed by atoms with E-state index in [9.17, 15) is 18.4 Å². The summed E-state index contributed by atoms with van der Waals surface area (Å²) in [6.45, 7) is 5.00. The number of esters is 1. The van der Waals surface area contributed by atoms with Gasteiger partial charge < -0.3 is 14.8 Å². The summed E-state index contributed by atoms with van der Waals surface area (Å²) < 4.78 is 36.0. The lowest BCUT2D eigenvalue weighted by Gasteiger charge is -2.22. The molecule has 0 saturated heterocycles. The SMILES string of the molecule is COC(=O)[C@@H](Cc1cc(F)cc(F)c1)NC(=O)OC(C)(C)C. The first kappa shape index (κ1) is 17.9. The Kier molecular flexibility index (Phi) is 5.84. The van der Waals surface area contributed by atoms with Crippen molar-refractivity contribution in [1.82, 2.24) is 5.32 Å². The predicted molar refractivity (Wildman–Crippen MR) is 75.2 cm³/mol. The van der Waals surface area contributed by atoms with Crippen molar-refractivity contribution in [2.75, 3.05) is 7.11 Å².